The monoisotopic (exact) mass is 309 g/mol. The number of benzene rings is 1. The van der Waals surface area contributed by atoms with Gasteiger partial charge in [0.2, 0.25) is 5.91 Å². The van der Waals surface area contributed by atoms with E-state index >= 15 is 0 Å². The molecule has 4 atom stereocenters. The second kappa shape index (κ2) is 5.66. The Morgan fingerprint density at radius 2 is 1.81 bits per heavy atom. The smallest absolute Gasteiger partial charge is 0.310 e. The van der Waals surface area contributed by atoms with Crippen LogP contribution in [0.4, 0.5) is 0 Å². The predicted octanol–water partition coefficient (Wildman–Crippen LogP) is 1.83. The van der Waals surface area contributed by atoms with E-state index in [4.69, 9.17) is 16.3 Å². The van der Waals surface area contributed by atoms with Crippen molar-refractivity contribution in [3.63, 3.8) is 0 Å². The van der Waals surface area contributed by atoms with E-state index in [1.54, 1.807) is 12.1 Å². The van der Waals surface area contributed by atoms with Gasteiger partial charge in [-0.3, -0.25) is 9.59 Å². The summed E-state index contributed by atoms with van der Waals surface area (Å²) in [6, 6.07) is 7.16. The van der Waals surface area contributed by atoms with Crippen LogP contribution in [0.1, 0.15) is 18.4 Å². The van der Waals surface area contributed by atoms with Gasteiger partial charge in [-0.25, -0.2) is 0 Å². The van der Waals surface area contributed by atoms with Crippen molar-refractivity contribution in [3.8, 4) is 0 Å². The highest BCUT2D eigenvalue weighted by Gasteiger charge is 2.55. The van der Waals surface area contributed by atoms with Crippen molar-refractivity contribution in [1.29, 1.82) is 0 Å². The molecule has 0 unspecified atom stereocenters. The summed E-state index contributed by atoms with van der Waals surface area (Å²) >= 11 is 5.81. The number of carbonyl (C=O) groups excluding carboxylic acids is 1. The van der Waals surface area contributed by atoms with Gasteiger partial charge in [-0.15, -0.1) is 0 Å². The summed E-state index contributed by atoms with van der Waals surface area (Å²) in [5.41, 5.74) is 0.920. The van der Waals surface area contributed by atoms with E-state index in [-0.39, 0.29) is 18.1 Å². The van der Waals surface area contributed by atoms with E-state index in [0.717, 1.165) is 18.4 Å². The Hall–Kier alpha value is -1.59. The van der Waals surface area contributed by atoms with Gasteiger partial charge in [-0.2, -0.15) is 0 Å². The Labute approximate surface area is 127 Å². The molecule has 3 rings (SSSR count). The molecular formula is C15H16ClNO4. The highest BCUT2D eigenvalue weighted by Crippen LogP contribution is 2.43. The molecule has 0 aromatic heterocycles. The number of aliphatic carboxylic acids is 1. The first-order valence-electron chi connectivity index (χ1n) is 6.96. The quantitative estimate of drug-likeness (QED) is 0.890. The Bertz CT molecular complexity index is 559. The van der Waals surface area contributed by atoms with Crippen molar-refractivity contribution in [2.24, 2.45) is 11.8 Å². The third-order valence-electron chi connectivity index (χ3n) is 4.24. The van der Waals surface area contributed by atoms with Crippen molar-refractivity contribution in [2.75, 3.05) is 0 Å². The lowest BCUT2D eigenvalue weighted by Crippen LogP contribution is -2.43. The number of carboxylic acids is 1. The highest BCUT2D eigenvalue weighted by molar-refractivity contribution is 6.30. The Kier molecular flexibility index (Phi) is 3.87. The Morgan fingerprint density at radius 3 is 2.43 bits per heavy atom. The minimum Gasteiger partial charge on any atom is -0.481 e. The van der Waals surface area contributed by atoms with Gasteiger partial charge in [0.1, 0.15) is 0 Å². The van der Waals surface area contributed by atoms with Crippen molar-refractivity contribution < 1.29 is 19.4 Å². The van der Waals surface area contributed by atoms with Gasteiger partial charge in [0.05, 0.1) is 24.0 Å². The zero-order valence-electron chi connectivity index (χ0n) is 11.3. The molecule has 6 heteroatoms. The van der Waals surface area contributed by atoms with Gasteiger partial charge < -0.3 is 15.2 Å². The molecule has 2 N–H and O–H groups in total. The maximum absolute atomic E-state index is 12.3. The highest BCUT2D eigenvalue weighted by atomic mass is 35.5. The van der Waals surface area contributed by atoms with Crippen LogP contribution in [0.2, 0.25) is 5.02 Å². The van der Waals surface area contributed by atoms with Crippen molar-refractivity contribution >= 4 is 23.5 Å². The summed E-state index contributed by atoms with van der Waals surface area (Å²) in [7, 11) is 0. The van der Waals surface area contributed by atoms with Gasteiger partial charge in [-0.1, -0.05) is 23.7 Å². The van der Waals surface area contributed by atoms with Gasteiger partial charge in [0.25, 0.3) is 0 Å². The number of rotatable bonds is 4. The minimum absolute atomic E-state index is 0.246. The lowest BCUT2D eigenvalue weighted by molar-refractivity contribution is -0.147. The molecule has 0 radical (unpaired) electrons. The Balaban J connectivity index is 1.64. The number of ether oxygens (including phenoxy) is 1. The fourth-order valence-electron chi connectivity index (χ4n) is 3.23. The van der Waals surface area contributed by atoms with Crippen LogP contribution in [0, 0.1) is 11.8 Å². The third kappa shape index (κ3) is 2.76. The molecule has 21 heavy (non-hydrogen) atoms. The lowest BCUT2D eigenvalue weighted by atomic mass is 9.78. The lowest BCUT2D eigenvalue weighted by Gasteiger charge is -2.23. The standard InChI is InChI=1S/C15H16ClNO4/c16-9-3-1-8(2-4-9)7-17-14(18)12-10-5-6-11(21-10)13(12)15(19)20/h1-4,10-13H,5-7H2,(H,17,18)(H,19,20)/t10-,11-,12-,13-/m1/s1. The van der Waals surface area contributed by atoms with Crippen LogP contribution < -0.4 is 5.32 Å². The molecule has 112 valence electrons. The summed E-state index contributed by atoms with van der Waals surface area (Å²) in [6.07, 6.45) is 0.899. The topological polar surface area (TPSA) is 75.6 Å². The van der Waals surface area contributed by atoms with Crippen LogP contribution in [-0.2, 0) is 20.9 Å². The minimum atomic E-state index is -0.950. The van der Waals surface area contributed by atoms with E-state index in [1.807, 2.05) is 12.1 Å². The fourth-order valence-corrected chi connectivity index (χ4v) is 3.36. The first-order chi connectivity index (χ1) is 10.1. The van der Waals surface area contributed by atoms with Crippen LogP contribution in [0.15, 0.2) is 24.3 Å². The molecule has 2 fully saturated rings. The number of amides is 1. The first kappa shape index (κ1) is 14.4. The van der Waals surface area contributed by atoms with E-state index in [1.165, 1.54) is 0 Å². The second-order valence-electron chi connectivity index (χ2n) is 5.52. The molecule has 2 bridgehead atoms. The molecule has 2 aliphatic rings. The summed E-state index contributed by atoms with van der Waals surface area (Å²) in [4.78, 5) is 23.7. The van der Waals surface area contributed by atoms with Crippen LogP contribution in [-0.4, -0.2) is 29.2 Å². The third-order valence-corrected chi connectivity index (χ3v) is 4.49. The fraction of sp³-hybridized carbons (Fsp3) is 0.467. The van der Waals surface area contributed by atoms with Gasteiger partial charge >= 0.3 is 5.97 Å². The number of nitrogens with one attached hydrogen (secondary N) is 1. The zero-order valence-corrected chi connectivity index (χ0v) is 12.0. The van der Waals surface area contributed by atoms with Crippen molar-refractivity contribution in [3.05, 3.63) is 34.9 Å². The molecule has 2 saturated heterocycles. The molecule has 1 amide bonds. The molecule has 5 nitrogen and oxygen atoms in total. The average Bonchev–Trinajstić information content (AvgIpc) is 3.06. The van der Waals surface area contributed by atoms with E-state index < -0.39 is 17.8 Å². The van der Waals surface area contributed by atoms with Crippen LogP contribution in [0.5, 0.6) is 0 Å². The maximum atomic E-state index is 12.3. The van der Waals surface area contributed by atoms with E-state index in [0.29, 0.717) is 11.6 Å². The van der Waals surface area contributed by atoms with Crippen molar-refractivity contribution in [1.82, 2.24) is 5.32 Å². The number of hydrogen-bond acceptors (Lipinski definition) is 3. The number of hydrogen-bond donors (Lipinski definition) is 2. The zero-order chi connectivity index (χ0) is 15.0. The van der Waals surface area contributed by atoms with Crippen LogP contribution in [0.3, 0.4) is 0 Å². The van der Waals surface area contributed by atoms with Crippen molar-refractivity contribution in [2.45, 2.75) is 31.6 Å². The number of halogens is 1. The molecule has 0 spiro atoms. The molecule has 2 heterocycles. The first-order valence-corrected chi connectivity index (χ1v) is 7.34. The molecule has 0 aliphatic carbocycles. The largest absolute Gasteiger partial charge is 0.481 e. The Morgan fingerprint density at radius 1 is 1.19 bits per heavy atom. The number of fused-ring (bicyclic) bond motifs is 2. The van der Waals surface area contributed by atoms with Crippen LogP contribution in [0.25, 0.3) is 0 Å². The van der Waals surface area contributed by atoms with Gasteiger partial charge in [0, 0.05) is 11.6 Å². The maximum Gasteiger partial charge on any atom is 0.310 e. The summed E-state index contributed by atoms with van der Waals surface area (Å²) in [5.74, 6) is -2.51. The molecule has 0 saturated carbocycles. The summed E-state index contributed by atoms with van der Waals surface area (Å²) in [5, 5.41) is 12.7. The molecular weight excluding hydrogens is 294 g/mol. The number of carbonyl (C=O) groups is 2. The summed E-state index contributed by atoms with van der Waals surface area (Å²) in [6.45, 7) is 0.357. The molecule has 1 aromatic rings. The molecule has 1 aromatic carbocycles. The SMILES string of the molecule is O=C(O)[C@H]1[C@H](C(=O)NCc2ccc(Cl)cc2)[C@H]2CC[C@H]1O2. The van der Waals surface area contributed by atoms with E-state index in [9.17, 15) is 14.7 Å². The predicted molar refractivity (Wildman–Crippen MR) is 75.8 cm³/mol. The molecule has 2 aliphatic heterocycles. The van der Waals surface area contributed by atoms with E-state index in [2.05, 4.69) is 5.32 Å². The summed E-state index contributed by atoms with van der Waals surface area (Å²) < 4.78 is 5.59. The average molecular weight is 310 g/mol. The number of carboxylic acid groups (broad SMARTS) is 1. The second-order valence-corrected chi connectivity index (χ2v) is 5.96. The van der Waals surface area contributed by atoms with Gasteiger partial charge in [-0.05, 0) is 30.5 Å². The van der Waals surface area contributed by atoms with Gasteiger partial charge in [0.15, 0.2) is 0 Å². The van der Waals surface area contributed by atoms with Crippen LogP contribution >= 0.6 is 11.6 Å². The normalized spacial score (nSPS) is 30.3.